The van der Waals surface area contributed by atoms with Gasteiger partial charge in [0, 0.05) is 11.6 Å². The van der Waals surface area contributed by atoms with Crippen molar-refractivity contribution in [3.8, 4) is 11.5 Å². The third kappa shape index (κ3) is 3.58. The molecule has 0 aromatic heterocycles. The molecule has 0 aliphatic rings. The minimum absolute atomic E-state index is 0. The average molecular weight is 246 g/mol. The van der Waals surface area contributed by atoms with Crippen LogP contribution in [0, 0.1) is 0 Å². The third-order valence-electron chi connectivity index (χ3n) is 2.33. The maximum atomic E-state index is 9.91. The summed E-state index contributed by atoms with van der Waals surface area (Å²) in [7, 11) is 0. The van der Waals surface area contributed by atoms with E-state index in [0.717, 1.165) is 18.4 Å². The molecule has 1 rings (SSSR count). The molecule has 3 nitrogen and oxygen atoms in total. The van der Waals surface area contributed by atoms with Gasteiger partial charge in [-0.3, -0.25) is 0 Å². The van der Waals surface area contributed by atoms with E-state index in [-0.39, 0.29) is 24.2 Å². The van der Waals surface area contributed by atoms with Crippen molar-refractivity contribution < 1.29 is 9.84 Å². The summed E-state index contributed by atoms with van der Waals surface area (Å²) in [5.41, 5.74) is 6.72. The Bertz CT molecular complexity index is 318. The van der Waals surface area contributed by atoms with Crippen LogP contribution in [-0.4, -0.2) is 11.7 Å². The Morgan fingerprint density at radius 1 is 1.38 bits per heavy atom. The van der Waals surface area contributed by atoms with Crippen LogP contribution >= 0.6 is 12.4 Å². The Morgan fingerprint density at radius 2 is 2.06 bits per heavy atom. The Kier molecular flexibility index (Phi) is 6.93. The van der Waals surface area contributed by atoms with E-state index in [1.807, 2.05) is 19.1 Å². The van der Waals surface area contributed by atoms with Gasteiger partial charge < -0.3 is 15.6 Å². The summed E-state index contributed by atoms with van der Waals surface area (Å²) in [5.74, 6) is 0.696. The van der Waals surface area contributed by atoms with Gasteiger partial charge >= 0.3 is 0 Å². The standard InChI is InChI=1S/C12H19NO2.ClH/c1-3-6-10(13)9-7-5-8-11(12(9)14)15-4-2;/h5,7-8,10,14H,3-4,6,13H2,1-2H3;1H/t10-;/m1./s1. The number of nitrogens with two attached hydrogens (primary N) is 1. The molecule has 0 fully saturated rings. The molecule has 0 aliphatic carbocycles. The molecule has 0 aliphatic heterocycles. The van der Waals surface area contributed by atoms with Gasteiger partial charge in [-0.15, -0.1) is 12.4 Å². The molecule has 16 heavy (non-hydrogen) atoms. The SMILES string of the molecule is CCC[C@@H](N)c1cccc(OCC)c1O.Cl. The van der Waals surface area contributed by atoms with Gasteiger partial charge in [-0.1, -0.05) is 25.5 Å². The van der Waals surface area contributed by atoms with E-state index in [0.29, 0.717) is 12.4 Å². The fraction of sp³-hybridized carbons (Fsp3) is 0.500. The first-order valence-corrected chi connectivity index (χ1v) is 5.40. The molecule has 1 atom stereocenters. The van der Waals surface area contributed by atoms with Crippen LogP contribution in [0.3, 0.4) is 0 Å². The lowest BCUT2D eigenvalue weighted by Gasteiger charge is -2.15. The van der Waals surface area contributed by atoms with Crippen molar-refractivity contribution in [2.45, 2.75) is 32.7 Å². The summed E-state index contributed by atoms with van der Waals surface area (Å²) in [6.07, 6.45) is 1.86. The molecule has 0 amide bonds. The number of phenols is 1. The van der Waals surface area contributed by atoms with E-state index in [4.69, 9.17) is 10.5 Å². The van der Waals surface area contributed by atoms with Gasteiger partial charge in [0.15, 0.2) is 11.5 Å². The molecule has 0 radical (unpaired) electrons. The lowest BCUT2D eigenvalue weighted by molar-refractivity contribution is 0.315. The highest BCUT2D eigenvalue weighted by molar-refractivity contribution is 5.85. The van der Waals surface area contributed by atoms with Crippen LogP contribution in [-0.2, 0) is 0 Å². The normalized spacial score (nSPS) is 11.7. The molecule has 0 saturated heterocycles. The van der Waals surface area contributed by atoms with Crippen LogP contribution in [0.1, 0.15) is 38.3 Å². The summed E-state index contributed by atoms with van der Waals surface area (Å²) in [6.45, 7) is 4.50. The molecular formula is C12H20ClNO2. The topological polar surface area (TPSA) is 55.5 Å². The lowest BCUT2D eigenvalue weighted by atomic mass is 10.0. The van der Waals surface area contributed by atoms with Crippen molar-refractivity contribution in [1.29, 1.82) is 0 Å². The molecule has 0 heterocycles. The van der Waals surface area contributed by atoms with Crippen molar-refractivity contribution >= 4 is 12.4 Å². The van der Waals surface area contributed by atoms with E-state index in [1.54, 1.807) is 6.07 Å². The van der Waals surface area contributed by atoms with Crippen molar-refractivity contribution in [2.24, 2.45) is 5.73 Å². The van der Waals surface area contributed by atoms with Gasteiger partial charge in [-0.2, -0.15) is 0 Å². The summed E-state index contributed by atoms with van der Waals surface area (Å²) >= 11 is 0. The van der Waals surface area contributed by atoms with E-state index in [9.17, 15) is 5.11 Å². The van der Waals surface area contributed by atoms with E-state index in [1.165, 1.54) is 0 Å². The molecule has 4 heteroatoms. The summed E-state index contributed by atoms with van der Waals surface area (Å²) in [5, 5.41) is 9.91. The van der Waals surface area contributed by atoms with Gasteiger partial charge in [0.2, 0.25) is 0 Å². The molecule has 1 aromatic rings. The molecular weight excluding hydrogens is 226 g/mol. The second-order valence-corrected chi connectivity index (χ2v) is 3.52. The van der Waals surface area contributed by atoms with E-state index in [2.05, 4.69) is 6.92 Å². The van der Waals surface area contributed by atoms with Gasteiger partial charge in [-0.25, -0.2) is 0 Å². The van der Waals surface area contributed by atoms with Gasteiger partial charge in [-0.05, 0) is 19.4 Å². The summed E-state index contributed by atoms with van der Waals surface area (Å²) in [6, 6.07) is 5.34. The number of hydrogen-bond acceptors (Lipinski definition) is 3. The van der Waals surface area contributed by atoms with Crippen molar-refractivity contribution in [3.63, 3.8) is 0 Å². The molecule has 92 valence electrons. The first-order valence-electron chi connectivity index (χ1n) is 5.40. The Hall–Kier alpha value is -0.930. The predicted molar refractivity (Wildman–Crippen MR) is 68.4 cm³/mol. The highest BCUT2D eigenvalue weighted by Gasteiger charge is 2.13. The maximum absolute atomic E-state index is 9.91. The van der Waals surface area contributed by atoms with E-state index < -0.39 is 0 Å². The number of rotatable bonds is 5. The fourth-order valence-corrected chi connectivity index (χ4v) is 1.58. The highest BCUT2D eigenvalue weighted by Crippen LogP contribution is 2.34. The molecule has 3 N–H and O–H groups in total. The molecule has 0 saturated carbocycles. The molecule has 0 spiro atoms. The van der Waals surface area contributed by atoms with Crippen LogP contribution in [0.15, 0.2) is 18.2 Å². The lowest BCUT2D eigenvalue weighted by Crippen LogP contribution is -2.10. The third-order valence-corrected chi connectivity index (χ3v) is 2.33. The summed E-state index contributed by atoms with van der Waals surface area (Å²) in [4.78, 5) is 0. The van der Waals surface area contributed by atoms with Crippen molar-refractivity contribution in [1.82, 2.24) is 0 Å². The minimum Gasteiger partial charge on any atom is -0.504 e. The van der Waals surface area contributed by atoms with Crippen LogP contribution in [0.2, 0.25) is 0 Å². The Balaban J connectivity index is 0.00000225. The number of para-hydroxylation sites is 1. The molecule has 0 unspecified atom stereocenters. The summed E-state index contributed by atoms with van der Waals surface area (Å²) < 4.78 is 5.30. The minimum atomic E-state index is -0.115. The van der Waals surface area contributed by atoms with Crippen LogP contribution < -0.4 is 10.5 Å². The Labute approximate surface area is 103 Å². The average Bonchev–Trinajstić information content (AvgIpc) is 2.22. The number of ether oxygens (including phenoxy) is 1. The molecule has 0 bridgehead atoms. The zero-order chi connectivity index (χ0) is 11.3. The van der Waals surface area contributed by atoms with Gasteiger partial charge in [0.1, 0.15) is 0 Å². The smallest absolute Gasteiger partial charge is 0.162 e. The highest BCUT2D eigenvalue weighted by atomic mass is 35.5. The number of aromatic hydroxyl groups is 1. The quantitative estimate of drug-likeness (QED) is 0.839. The number of hydrogen-bond donors (Lipinski definition) is 2. The van der Waals surface area contributed by atoms with E-state index >= 15 is 0 Å². The number of halogens is 1. The van der Waals surface area contributed by atoms with Crippen molar-refractivity contribution in [2.75, 3.05) is 6.61 Å². The number of phenolic OH excluding ortho intramolecular Hbond substituents is 1. The van der Waals surface area contributed by atoms with Crippen LogP contribution in [0.25, 0.3) is 0 Å². The zero-order valence-corrected chi connectivity index (χ0v) is 10.6. The Morgan fingerprint density at radius 3 is 2.62 bits per heavy atom. The van der Waals surface area contributed by atoms with Crippen molar-refractivity contribution in [3.05, 3.63) is 23.8 Å². The van der Waals surface area contributed by atoms with Crippen LogP contribution in [0.4, 0.5) is 0 Å². The van der Waals surface area contributed by atoms with Gasteiger partial charge in [0.05, 0.1) is 6.61 Å². The largest absolute Gasteiger partial charge is 0.504 e. The second-order valence-electron chi connectivity index (χ2n) is 3.52. The monoisotopic (exact) mass is 245 g/mol. The first kappa shape index (κ1) is 15.1. The fourth-order valence-electron chi connectivity index (χ4n) is 1.58. The predicted octanol–water partition coefficient (Wildman–Crippen LogP) is 3.01. The zero-order valence-electron chi connectivity index (χ0n) is 9.77. The second kappa shape index (κ2) is 7.36. The van der Waals surface area contributed by atoms with Crippen LogP contribution in [0.5, 0.6) is 11.5 Å². The first-order chi connectivity index (χ1) is 7.20. The maximum Gasteiger partial charge on any atom is 0.162 e. The number of benzene rings is 1. The molecule has 1 aromatic carbocycles. The van der Waals surface area contributed by atoms with Gasteiger partial charge in [0.25, 0.3) is 0 Å².